The third-order valence-corrected chi connectivity index (χ3v) is 6.27. The first-order chi connectivity index (χ1) is 9.75. The van der Waals surface area contributed by atoms with Crippen molar-refractivity contribution in [2.24, 2.45) is 0 Å². The van der Waals surface area contributed by atoms with Crippen molar-refractivity contribution in [3.63, 3.8) is 0 Å². The molecule has 3 heteroatoms. The fraction of sp³-hybridized carbons (Fsp3) is 0.471. The Morgan fingerprint density at radius 1 is 1.15 bits per heavy atom. The Morgan fingerprint density at radius 2 is 1.90 bits per heavy atom. The molecule has 2 aromatic rings. The standard InChI is InChI=1S/C17H20ClNS/c1-12(13-7-9-19-10-8-13)17(18)16-11-14-5-3-2-4-6-15(14)20-16/h7-12,17H,2-6H2,1H3. The SMILES string of the molecule is CC(c1ccncc1)C(Cl)c1cc2c(s1)CCCCC2. The molecule has 0 aromatic carbocycles. The number of nitrogens with zero attached hydrogens (tertiary/aromatic N) is 1. The highest BCUT2D eigenvalue weighted by molar-refractivity contribution is 7.12. The zero-order valence-electron chi connectivity index (χ0n) is 11.8. The van der Waals surface area contributed by atoms with Crippen molar-refractivity contribution in [1.29, 1.82) is 0 Å². The number of aromatic nitrogens is 1. The lowest BCUT2D eigenvalue weighted by Crippen LogP contribution is -2.01. The van der Waals surface area contributed by atoms with E-state index in [2.05, 4.69) is 30.1 Å². The lowest BCUT2D eigenvalue weighted by molar-refractivity contribution is 0.710. The second kappa shape index (κ2) is 6.28. The van der Waals surface area contributed by atoms with E-state index >= 15 is 0 Å². The summed E-state index contributed by atoms with van der Waals surface area (Å²) in [5.74, 6) is 0.321. The van der Waals surface area contributed by atoms with Gasteiger partial charge in [0.1, 0.15) is 0 Å². The molecule has 3 rings (SSSR count). The van der Waals surface area contributed by atoms with Gasteiger partial charge in [0.25, 0.3) is 0 Å². The minimum atomic E-state index is 0.0642. The van der Waals surface area contributed by atoms with Crippen LogP contribution in [0.2, 0.25) is 0 Å². The number of thiophene rings is 1. The highest BCUT2D eigenvalue weighted by atomic mass is 35.5. The van der Waals surface area contributed by atoms with E-state index in [9.17, 15) is 0 Å². The fourth-order valence-corrected chi connectivity index (χ4v) is 4.59. The van der Waals surface area contributed by atoms with Crippen molar-refractivity contribution in [1.82, 2.24) is 4.98 Å². The van der Waals surface area contributed by atoms with E-state index in [4.69, 9.17) is 11.6 Å². The van der Waals surface area contributed by atoms with E-state index < -0.39 is 0 Å². The molecule has 2 atom stereocenters. The van der Waals surface area contributed by atoms with Gasteiger partial charge in [-0.15, -0.1) is 22.9 Å². The average Bonchev–Trinajstić information content (AvgIpc) is 2.77. The number of rotatable bonds is 3. The Labute approximate surface area is 130 Å². The number of pyridine rings is 1. The van der Waals surface area contributed by atoms with Crippen LogP contribution in [0.4, 0.5) is 0 Å². The quantitative estimate of drug-likeness (QED) is 0.539. The van der Waals surface area contributed by atoms with Gasteiger partial charge in [-0.05, 0) is 55.0 Å². The van der Waals surface area contributed by atoms with E-state index in [1.807, 2.05) is 23.7 Å². The van der Waals surface area contributed by atoms with Crippen LogP contribution in [0.25, 0.3) is 0 Å². The number of alkyl halides is 1. The molecule has 1 aliphatic carbocycles. The van der Waals surface area contributed by atoms with Crippen LogP contribution >= 0.6 is 22.9 Å². The maximum absolute atomic E-state index is 6.74. The van der Waals surface area contributed by atoms with Gasteiger partial charge >= 0.3 is 0 Å². The Bertz CT molecular complexity index is 540. The molecule has 106 valence electrons. The lowest BCUT2D eigenvalue weighted by atomic mass is 9.97. The Kier molecular flexibility index (Phi) is 4.42. The molecule has 0 amide bonds. The van der Waals surface area contributed by atoms with Crippen molar-refractivity contribution in [2.45, 2.75) is 50.3 Å². The summed E-state index contributed by atoms with van der Waals surface area (Å²) in [5, 5.41) is 0.0642. The van der Waals surface area contributed by atoms with Crippen molar-refractivity contribution in [3.8, 4) is 0 Å². The highest BCUT2D eigenvalue weighted by Crippen LogP contribution is 2.41. The van der Waals surface area contributed by atoms with Crippen molar-refractivity contribution in [2.75, 3.05) is 0 Å². The van der Waals surface area contributed by atoms with Gasteiger partial charge in [0.2, 0.25) is 0 Å². The van der Waals surface area contributed by atoms with Crippen molar-refractivity contribution in [3.05, 3.63) is 51.5 Å². The zero-order chi connectivity index (χ0) is 13.9. The van der Waals surface area contributed by atoms with E-state index in [1.54, 1.807) is 10.4 Å². The average molecular weight is 306 g/mol. The van der Waals surface area contributed by atoms with Crippen molar-refractivity contribution >= 4 is 22.9 Å². The van der Waals surface area contributed by atoms with Crippen LogP contribution in [0.1, 0.15) is 58.4 Å². The van der Waals surface area contributed by atoms with Crippen LogP contribution in [0.5, 0.6) is 0 Å². The third kappa shape index (κ3) is 2.91. The molecule has 0 bridgehead atoms. The fourth-order valence-electron chi connectivity index (χ4n) is 2.91. The van der Waals surface area contributed by atoms with Crippen LogP contribution in [-0.4, -0.2) is 4.98 Å². The highest BCUT2D eigenvalue weighted by Gasteiger charge is 2.22. The zero-order valence-corrected chi connectivity index (χ0v) is 13.4. The number of hydrogen-bond donors (Lipinski definition) is 0. The molecular weight excluding hydrogens is 286 g/mol. The maximum atomic E-state index is 6.74. The third-order valence-electron chi connectivity index (χ3n) is 4.21. The number of aryl methyl sites for hydroxylation is 2. The molecule has 0 saturated carbocycles. The van der Waals surface area contributed by atoms with Gasteiger partial charge in [0.15, 0.2) is 0 Å². The van der Waals surface area contributed by atoms with E-state index in [0.717, 1.165) is 0 Å². The summed E-state index contributed by atoms with van der Waals surface area (Å²) in [4.78, 5) is 6.99. The number of hydrogen-bond acceptors (Lipinski definition) is 2. The Hall–Kier alpha value is -0.860. The molecule has 2 aromatic heterocycles. The Balaban J connectivity index is 1.82. The first-order valence-electron chi connectivity index (χ1n) is 7.41. The van der Waals surface area contributed by atoms with Crippen LogP contribution in [-0.2, 0) is 12.8 Å². The molecule has 0 N–H and O–H groups in total. The first-order valence-corrected chi connectivity index (χ1v) is 8.66. The van der Waals surface area contributed by atoms with Crippen LogP contribution in [0, 0.1) is 0 Å². The minimum absolute atomic E-state index is 0.0642. The first kappa shape index (κ1) is 14.1. The summed E-state index contributed by atoms with van der Waals surface area (Å²) in [6, 6.07) is 6.50. The van der Waals surface area contributed by atoms with Gasteiger partial charge in [-0.2, -0.15) is 0 Å². The molecule has 20 heavy (non-hydrogen) atoms. The summed E-state index contributed by atoms with van der Waals surface area (Å²) in [5.41, 5.74) is 2.82. The summed E-state index contributed by atoms with van der Waals surface area (Å²) >= 11 is 8.67. The molecular formula is C17H20ClNS. The molecule has 0 fully saturated rings. The van der Waals surface area contributed by atoms with Gasteiger partial charge < -0.3 is 0 Å². The molecule has 2 unspecified atom stereocenters. The predicted molar refractivity (Wildman–Crippen MR) is 86.8 cm³/mol. The number of halogens is 1. The lowest BCUT2D eigenvalue weighted by Gasteiger charge is -2.17. The summed E-state index contributed by atoms with van der Waals surface area (Å²) in [6.45, 7) is 2.21. The molecule has 0 saturated heterocycles. The molecule has 0 radical (unpaired) electrons. The molecule has 2 heterocycles. The van der Waals surface area contributed by atoms with Crippen LogP contribution in [0.15, 0.2) is 30.6 Å². The van der Waals surface area contributed by atoms with Crippen LogP contribution in [0.3, 0.4) is 0 Å². The van der Waals surface area contributed by atoms with E-state index in [1.165, 1.54) is 42.5 Å². The topological polar surface area (TPSA) is 12.9 Å². The predicted octanol–water partition coefficient (Wildman–Crippen LogP) is 5.50. The summed E-state index contributed by atoms with van der Waals surface area (Å²) < 4.78 is 0. The second-order valence-electron chi connectivity index (χ2n) is 5.63. The number of fused-ring (bicyclic) bond motifs is 1. The monoisotopic (exact) mass is 305 g/mol. The summed E-state index contributed by atoms with van der Waals surface area (Å²) in [7, 11) is 0. The van der Waals surface area contributed by atoms with Gasteiger partial charge in [0, 0.05) is 28.1 Å². The summed E-state index contributed by atoms with van der Waals surface area (Å²) in [6.07, 6.45) is 10.2. The second-order valence-corrected chi connectivity index (χ2v) is 7.27. The largest absolute Gasteiger partial charge is 0.265 e. The van der Waals surface area contributed by atoms with E-state index in [0.29, 0.717) is 5.92 Å². The van der Waals surface area contributed by atoms with Gasteiger partial charge in [-0.1, -0.05) is 13.3 Å². The van der Waals surface area contributed by atoms with E-state index in [-0.39, 0.29) is 5.38 Å². The molecule has 1 aliphatic rings. The molecule has 0 spiro atoms. The Morgan fingerprint density at radius 3 is 2.70 bits per heavy atom. The van der Waals surface area contributed by atoms with Crippen molar-refractivity contribution < 1.29 is 0 Å². The normalized spacial score (nSPS) is 18.1. The van der Waals surface area contributed by atoms with Gasteiger partial charge in [-0.25, -0.2) is 0 Å². The molecule has 1 nitrogen and oxygen atoms in total. The smallest absolute Gasteiger partial charge is 0.0744 e. The van der Waals surface area contributed by atoms with Crippen LogP contribution < -0.4 is 0 Å². The molecule has 0 aliphatic heterocycles. The van der Waals surface area contributed by atoms with Gasteiger partial charge in [-0.3, -0.25) is 4.98 Å². The minimum Gasteiger partial charge on any atom is -0.265 e. The maximum Gasteiger partial charge on any atom is 0.0744 e. The van der Waals surface area contributed by atoms with Gasteiger partial charge in [0.05, 0.1) is 5.38 Å².